The fourth-order valence-corrected chi connectivity index (χ4v) is 1.90. The van der Waals surface area contributed by atoms with E-state index in [2.05, 4.69) is 5.10 Å². The topological polar surface area (TPSA) is 78.0 Å². The molecular weight excluding hydrogens is 245 g/mol. The molecule has 1 aromatic heterocycles. The zero-order chi connectivity index (χ0) is 12.6. The molecule has 2 aromatic rings. The second kappa shape index (κ2) is 3.94. The third-order valence-corrected chi connectivity index (χ3v) is 3.16. The minimum Gasteiger partial charge on any atom is -0.239 e. The van der Waals surface area contributed by atoms with Crippen LogP contribution >= 0.6 is 0 Å². The molecule has 0 saturated heterocycles. The molecule has 0 unspecified atom stereocenters. The molecule has 90 valence electrons. The summed E-state index contributed by atoms with van der Waals surface area (Å²) in [6.07, 6.45) is 2.44. The van der Waals surface area contributed by atoms with Crippen LogP contribution < -0.4 is 5.14 Å². The summed E-state index contributed by atoms with van der Waals surface area (Å²) >= 11 is 0. The second-order valence-electron chi connectivity index (χ2n) is 3.60. The molecule has 0 saturated carbocycles. The lowest BCUT2D eigenvalue weighted by atomic mass is 10.2. The molecule has 1 aromatic carbocycles. The SMILES string of the molecule is Cc1cc(F)ccc1-n1cc(S(N)(=O)=O)cn1. The summed E-state index contributed by atoms with van der Waals surface area (Å²) in [5, 5.41) is 8.85. The van der Waals surface area contributed by atoms with Crippen LogP contribution in [0.4, 0.5) is 4.39 Å². The molecule has 0 aliphatic carbocycles. The number of nitrogens with two attached hydrogens (primary N) is 1. The lowest BCUT2D eigenvalue weighted by Crippen LogP contribution is -2.11. The van der Waals surface area contributed by atoms with Crippen LogP contribution in [-0.2, 0) is 10.0 Å². The summed E-state index contributed by atoms with van der Waals surface area (Å²) in [6.45, 7) is 1.71. The zero-order valence-corrected chi connectivity index (χ0v) is 9.78. The Morgan fingerprint density at radius 3 is 2.65 bits per heavy atom. The van der Waals surface area contributed by atoms with Crippen molar-refractivity contribution < 1.29 is 12.8 Å². The number of hydrogen-bond donors (Lipinski definition) is 1. The van der Waals surface area contributed by atoms with Gasteiger partial charge in [0.05, 0.1) is 18.1 Å². The van der Waals surface area contributed by atoms with Gasteiger partial charge in [-0.15, -0.1) is 0 Å². The first-order valence-corrected chi connectivity index (χ1v) is 6.26. The molecule has 0 atom stereocenters. The van der Waals surface area contributed by atoms with E-state index in [0.29, 0.717) is 11.3 Å². The third-order valence-electron chi connectivity index (χ3n) is 2.29. The predicted octanol–water partition coefficient (Wildman–Crippen LogP) is 0.967. The highest BCUT2D eigenvalue weighted by atomic mass is 32.2. The van der Waals surface area contributed by atoms with Gasteiger partial charge < -0.3 is 0 Å². The molecule has 2 N–H and O–H groups in total. The minimum absolute atomic E-state index is 0.0822. The van der Waals surface area contributed by atoms with E-state index in [4.69, 9.17) is 5.14 Å². The standard InChI is InChI=1S/C10H10FN3O2S/c1-7-4-8(11)2-3-10(7)14-6-9(5-13-14)17(12,15)16/h2-6H,1H3,(H2,12,15,16). The van der Waals surface area contributed by atoms with Gasteiger partial charge in [0.2, 0.25) is 10.0 Å². The maximum atomic E-state index is 12.9. The Morgan fingerprint density at radius 2 is 2.12 bits per heavy atom. The molecular formula is C10H10FN3O2S. The fourth-order valence-electron chi connectivity index (χ4n) is 1.46. The van der Waals surface area contributed by atoms with Gasteiger partial charge in [-0.2, -0.15) is 5.10 Å². The van der Waals surface area contributed by atoms with Gasteiger partial charge in [0.15, 0.2) is 0 Å². The first-order valence-electron chi connectivity index (χ1n) is 4.72. The van der Waals surface area contributed by atoms with Gasteiger partial charge in [-0.05, 0) is 30.7 Å². The maximum absolute atomic E-state index is 12.9. The van der Waals surface area contributed by atoms with E-state index in [1.165, 1.54) is 29.1 Å². The van der Waals surface area contributed by atoms with E-state index in [9.17, 15) is 12.8 Å². The van der Waals surface area contributed by atoms with E-state index in [-0.39, 0.29) is 10.7 Å². The fraction of sp³-hybridized carbons (Fsp3) is 0.100. The Hall–Kier alpha value is -1.73. The highest BCUT2D eigenvalue weighted by molar-refractivity contribution is 7.89. The van der Waals surface area contributed by atoms with Gasteiger partial charge in [0.1, 0.15) is 10.7 Å². The molecule has 0 fully saturated rings. The summed E-state index contributed by atoms with van der Waals surface area (Å²) in [6, 6.07) is 4.14. The maximum Gasteiger partial charge on any atom is 0.241 e. The van der Waals surface area contributed by atoms with E-state index in [1.54, 1.807) is 6.92 Å². The van der Waals surface area contributed by atoms with Crippen LogP contribution in [-0.4, -0.2) is 18.2 Å². The lowest BCUT2D eigenvalue weighted by molar-refractivity contribution is 0.597. The summed E-state index contributed by atoms with van der Waals surface area (Å²) in [4.78, 5) is -0.0822. The molecule has 2 rings (SSSR count). The molecule has 0 spiro atoms. The molecule has 7 heteroatoms. The van der Waals surface area contributed by atoms with Crippen LogP contribution in [0, 0.1) is 12.7 Å². The largest absolute Gasteiger partial charge is 0.241 e. The first-order chi connectivity index (χ1) is 7.88. The molecule has 1 heterocycles. The van der Waals surface area contributed by atoms with E-state index in [1.807, 2.05) is 0 Å². The van der Waals surface area contributed by atoms with Crippen molar-refractivity contribution in [2.45, 2.75) is 11.8 Å². The molecule has 0 radical (unpaired) electrons. The summed E-state index contributed by atoms with van der Waals surface area (Å²) < 4.78 is 36.4. The molecule has 0 bridgehead atoms. The van der Waals surface area contributed by atoms with Crippen molar-refractivity contribution in [1.29, 1.82) is 0 Å². The Labute approximate surface area is 97.7 Å². The molecule has 0 aliphatic heterocycles. The van der Waals surface area contributed by atoms with Crippen LogP contribution in [0.25, 0.3) is 5.69 Å². The number of aryl methyl sites for hydroxylation is 1. The third kappa shape index (κ3) is 2.34. The Morgan fingerprint density at radius 1 is 1.41 bits per heavy atom. The van der Waals surface area contributed by atoms with Crippen molar-refractivity contribution in [2.75, 3.05) is 0 Å². The number of halogens is 1. The van der Waals surface area contributed by atoms with Crippen molar-refractivity contribution in [2.24, 2.45) is 5.14 Å². The quantitative estimate of drug-likeness (QED) is 0.868. The number of benzene rings is 1. The zero-order valence-electron chi connectivity index (χ0n) is 8.96. The number of nitrogens with zero attached hydrogens (tertiary/aromatic N) is 2. The summed E-state index contributed by atoms with van der Waals surface area (Å²) in [5.41, 5.74) is 1.25. The van der Waals surface area contributed by atoms with Gasteiger partial charge in [0.25, 0.3) is 0 Å². The number of primary sulfonamides is 1. The van der Waals surface area contributed by atoms with Crippen molar-refractivity contribution in [1.82, 2.24) is 9.78 Å². The van der Waals surface area contributed by atoms with Crippen molar-refractivity contribution in [3.8, 4) is 5.69 Å². The number of hydrogen-bond acceptors (Lipinski definition) is 3. The second-order valence-corrected chi connectivity index (χ2v) is 5.16. The number of rotatable bonds is 2. The van der Waals surface area contributed by atoms with Crippen LogP contribution in [0.2, 0.25) is 0 Å². The van der Waals surface area contributed by atoms with Crippen LogP contribution in [0.5, 0.6) is 0 Å². The van der Waals surface area contributed by atoms with Gasteiger partial charge in [0, 0.05) is 0 Å². The number of sulfonamides is 1. The van der Waals surface area contributed by atoms with E-state index < -0.39 is 10.0 Å². The number of aromatic nitrogens is 2. The van der Waals surface area contributed by atoms with E-state index >= 15 is 0 Å². The highest BCUT2D eigenvalue weighted by Crippen LogP contribution is 2.16. The van der Waals surface area contributed by atoms with Gasteiger partial charge in [-0.3, -0.25) is 0 Å². The summed E-state index contributed by atoms with van der Waals surface area (Å²) in [7, 11) is -3.77. The normalized spacial score (nSPS) is 11.7. The summed E-state index contributed by atoms with van der Waals surface area (Å²) in [5.74, 6) is -0.356. The van der Waals surface area contributed by atoms with Crippen molar-refractivity contribution in [3.05, 3.63) is 42.0 Å². The molecule has 5 nitrogen and oxygen atoms in total. The minimum atomic E-state index is -3.77. The van der Waals surface area contributed by atoms with Crippen molar-refractivity contribution in [3.63, 3.8) is 0 Å². The monoisotopic (exact) mass is 255 g/mol. The molecule has 17 heavy (non-hydrogen) atoms. The smallest absolute Gasteiger partial charge is 0.239 e. The van der Waals surface area contributed by atoms with Gasteiger partial charge >= 0.3 is 0 Å². The Balaban J connectivity index is 2.51. The lowest BCUT2D eigenvalue weighted by Gasteiger charge is -2.04. The van der Waals surface area contributed by atoms with Crippen LogP contribution in [0.15, 0.2) is 35.5 Å². The highest BCUT2D eigenvalue weighted by Gasteiger charge is 2.12. The molecule has 0 amide bonds. The van der Waals surface area contributed by atoms with Crippen molar-refractivity contribution >= 4 is 10.0 Å². The Bertz CT molecular complexity index is 664. The van der Waals surface area contributed by atoms with Crippen LogP contribution in [0.1, 0.15) is 5.56 Å². The predicted molar refractivity (Wildman–Crippen MR) is 59.6 cm³/mol. The van der Waals surface area contributed by atoms with Gasteiger partial charge in [-0.25, -0.2) is 22.6 Å². The first kappa shape index (κ1) is 11.7. The van der Waals surface area contributed by atoms with E-state index in [0.717, 1.165) is 6.20 Å². The molecule has 0 aliphatic rings. The Kier molecular flexibility index (Phi) is 2.72. The van der Waals surface area contributed by atoms with Gasteiger partial charge in [-0.1, -0.05) is 0 Å². The average molecular weight is 255 g/mol. The average Bonchev–Trinajstić information content (AvgIpc) is 2.65. The van der Waals surface area contributed by atoms with Crippen LogP contribution in [0.3, 0.4) is 0 Å².